The van der Waals surface area contributed by atoms with Gasteiger partial charge in [-0.15, -0.1) is 0 Å². The number of rotatable bonds is 7. The summed E-state index contributed by atoms with van der Waals surface area (Å²) in [6, 6.07) is 8.71. The zero-order valence-corrected chi connectivity index (χ0v) is 19.5. The standard InChI is InChI=1S/C23H30ClN7O/c1-14(2)31-10-8-17(9-11-31)28-20-18(24)12-27-23-21(20)29-22(30-23)15-4-6-16(7-5-15)26-13-19(32)25-3/h4-7,12,14,17,26H,8-11,13H2,1-3H3,(H,25,32)(H2,27,28,29,30). The van der Waals surface area contributed by atoms with Gasteiger partial charge in [0.1, 0.15) is 11.3 Å². The highest BCUT2D eigenvalue weighted by molar-refractivity contribution is 6.34. The molecule has 4 rings (SSSR count). The van der Waals surface area contributed by atoms with Crippen LogP contribution in [0.3, 0.4) is 0 Å². The van der Waals surface area contributed by atoms with E-state index in [4.69, 9.17) is 11.6 Å². The van der Waals surface area contributed by atoms with Gasteiger partial charge < -0.3 is 25.8 Å². The third-order valence-electron chi connectivity index (χ3n) is 5.97. The molecule has 4 N–H and O–H groups in total. The molecule has 170 valence electrons. The number of nitrogens with one attached hydrogen (secondary N) is 4. The number of anilines is 2. The van der Waals surface area contributed by atoms with Crippen molar-refractivity contribution in [3.8, 4) is 11.4 Å². The lowest BCUT2D eigenvalue weighted by atomic mass is 10.0. The van der Waals surface area contributed by atoms with Crippen molar-refractivity contribution in [3.05, 3.63) is 35.5 Å². The molecule has 1 aromatic carbocycles. The zero-order chi connectivity index (χ0) is 22.7. The van der Waals surface area contributed by atoms with Crippen LogP contribution in [0.25, 0.3) is 22.6 Å². The summed E-state index contributed by atoms with van der Waals surface area (Å²) in [5, 5.41) is 9.91. The number of likely N-dealkylation sites (tertiary alicyclic amines) is 1. The smallest absolute Gasteiger partial charge is 0.239 e. The van der Waals surface area contributed by atoms with Crippen LogP contribution < -0.4 is 16.0 Å². The average molecular weight is 456 g/mol. The molecule has 3 aromatic rings. The number of nitrogens with zero attached hydrogens (tertiary/aromatic N) is 3. The zero-order valence-electron chi connectivity index (χ0n) is 18.7. The lowest BCUT2D eigenvalue weighted by Crippen LogP contribution is -2.42. The minimum Gasteiger partial charge on any atom is -0.379 e. The second-order valence-corrected chi connectivity index (χ2v) is 8.82. The van der Waals surface area contributed by atoms with Crippen molar-refractivity contribution in [1.29, 1.82) is 0 Å². The molecule has 1 amide bonds. The number of aromatic amines is 1. The van der Waals surface area contributed by atoms with Gasteiger partial charge in [0.25, 0.3) is 0 Å². The predicted octanol–water partition coefficient (Wildman–Crippen LogP) is 3.72. The van der Waals surface area contributed by atoms with Gasteiger partial charge in [0, 0.05) is 43.5 Å². The minimum absolute atomic E-state index is 0.0655. The third-order valence-corrected chi connectivity index (χ3v) is 6.26. The number of imidazole rings is 1. The summed E-state index contributed by atoms with van der Waals surface area (Å²) in [6.07, 6.45) is 3.81. The quantitative estimate of drug-likeness (QED) is 0.433. The summed E-state index contributed by atoms with van der Waals surface area (Å²) in [5.74, 6) is 0.662. The van der Waals surface area contributed by atoms with E-state index in [-0.39, 0.29) is 12.5 Å². The number of hydrogen-bond acceptors (Lipinski definition) is 6. The van der Waals surface area contributed by atoms with Gasteiger partial charge in [0.2, 0.25) is 5.91 Å². The van der Waals surface area contributed by atoms with Crippen LogP contribution in [0.2, 0.25) is 5.02 Å². The van der Waals surface area contributed by atoms with E-state index in [1.54, 1.807) is 13.2 Å². The van der Waals surface area contributed by atoms with Gasteiger partial charge in [-0.3, -0.25) is 4.79 Å². The number of H-pyrrole nitrogens is 1. The Labute approximate surface area is 193 Å². The Hall–Kier alpha value is -2.84. The fraction of sp³-hybridized carbons (Fsp3) is 0.435. The molecule has 2 aromatic heterocycles. The summed E-state index contributed by atoms with van der Waals surface area (Å²) in [6.45, 7) is 6.88. The van der Waals surface area contributed by atoms with Crippen molar-refractivity contribution in [2.45, 2.75) is 38.8 Å². The molecule has 8 nitrogen and oxygen atoms in total. The summed E-state index contributed by atoms with van der Waals surface area (Å²) in [5.41, 5.74) is 4.11. The van der Waals surface area contributed by atoms with Crippen molar-refractivity contribution in [2.24, 2.45) is 0 Å². The SMILES string of the molecule is CNC(=O)CNc1ccc(-c2nc3ncc(Cl)c(NC4CCN(C(C)C)CC4)c3[nH]2)cc1. The lowest BCUT2D eigenvalue weighted by Gasteiger charge is -2.35. The van der Waals surface area contributed by atoms with Gasteiger partial charge in [-0.25, -0.2) is 9.97 Å². The molecule has 1 fully saturated rings. The minimum atomic E-state index is -0.0655. The first-order valence-electron chi connectivity index (χ1n) is 11.0. The Kier molecular flexibility index (Phi) is 6.81. The predicted molar refractivity (Wildman–Crippen MR) is 130 cm³/mol. The normalized spacial score (nSPS) is 15.3. The van der Waals surface area contributed by atoms with Crippen molar-refractivity contribution < 1.29 is 4.79 Å². The molecule has 0 unspecified atom stereocenters. The van der Waals surface area contributed by atoms with E-state index >= 15 is 0 Å². The number of piperidine rings is 1. The highest BCUT2D eigenvalue weighted by Gasteiger charge is 2.23. The van der Waals surface area contributed by atoms with Crippen molar-refractivity contribution in [2.75, 3.05) is 37.3 Å². The van der Waals surface area contributed by atoms with E-state index in [2.05, 4.69) is 49.6 Å². The molecule has 32 heavy (non-hydrogen) atoms. The summed E-state index contributed by atoms with van der Waals surface area (Å²) in [7, 11) is 1.62. The van der Waals surface area contributed by atoms with Crippen molar-refractivity contribution in [3.63, 3.8) is 0 Å². The Bertz CT molecular complexity index is 1070. The van der Waals surface area contributed by atoms with Crippen LogP contribution in [0, 0.1) is 0 Å². The van der Waals surface area contributed by atoms with E-state index in [1.165, 1.54) is 0 Å². The summed E-state index contributed by atoms with van der Waals surface area (Å²) < 4.78 is 0. The Morgan fingerprint density at radius 2 is 1.97 bits per heavy atom. The number of fused-ring (bicyclic) bond motifs is 1. The van der Waals surface area contributed by atoms with Gasteiger partial charge >= 0.3 is 0 Å². The van der Waals surface area contributed by atoms with E-state index < -0.39 is 0 Å². The van der Waals surface area contributed by atoms with Crippen LogP contribution in [0.5, 0.6) is 0 Å². The van der Waals surface area contributed by atoms with E-state index in [1.807, 2.05) is 24.3 Å². The van der Waals surface area contributed by atoms with Crippen molar-refractivity contribution in [1.82, 2.24) is 25.2 Å². The first-order valence-corrected chi connectivity index (χ1v) is 11.4. The number of benzene rings is 1. The highest BCUT2D eigenvalue weighted by Crippen LogP contribution is 2.32. The topological polar surface area (TPSA) is 98.0 Å². The second-order valence-electron chi connectivity index (χ2n) is 8.42. The molecule has 9 heteroatoms. The second kappa shape index (κ2) is 9.75. The third kappa shape index (κ3) is 4.97. The molecule has 0 atom stereocenters. The van der Waals surface area contributed by atoms with Gasteiger partial charge in [0.05, 0.1) is 23.5 Å². The number of pyridine rings is 1. The van der Waals surface area contributed by atoms with Gasteiger partial charge in [0.15, 0.2) is 5.65 Å². The Morgan fingerprint density at radius 3 is 2.62 bits per heavy atom. The van der Waals surface area contributed by atoms with Gasteiger partial charge in [-0.05, 0) is 51.0 Å². The maximum absolute atomic E-state index is 11.4. The number of carbonyl (C=O) groups is 1. The largest absolute Gasteiger partial charge is 0.379 e. The number of halogens is 1. The van der Waals surface area contributed by atoms with Crippen LogP contribution in [0.15, 0.2) is 30.5 Å². The van der Waals surface area contributed by atoms with Crippen molar-refractivity contribution >= 4 is 40.0 Å². The number of carbonyl (C=O) groups excluding carboxylic acids is 1. The number of amides is 1. The fourth-order valence-electron chi connectivity index (χ4n) is 3.99. The van der Waals surface area contributed by atoms with Crippen LogP contribution in [0.4, 0.5) is 11.4 Å². The lowest BCUT2D eigenvalue weighted by molar-refractivity contribution is -0.118. The van der Waals surface area contributed by atoms with Crippen LogP contribution in [0.1, 0.15) is 26.7 Å². The molecule has 1 aliphatic heterocycles. The van der Waals surface area contributed by atoms with Gasteiger partial charge in [-0.2, -0.15) is 0 Å². The molecule has 0 spiro atoms. The summed E-state index contributed by atoms with van der Waals surface area (Å²) >= 11 is 6.53. The maximum atomic E-state index is 11.4. The van der Waals surface area contributed by atoms with Crippen LogP contribution >= 0.6 is 11.6 Å². The monoisotopic (exact) mass is 455 g/mol. The Balaban J connectivity index is 1.51. The molecule has 0 aliphatic carbocycles. The molecule has 0 radical (unpaired) electrons. The van der Waals surface area contributed by atoms with Gasteiger partial charge in [-0.1, -0.05) is 11.6 Å². The molecule has 0 saturated carbocycles. The number of hydrogen-bond donors (Lipinski definition) is 4. The van der Waals surface area contributed by atoms with E-state index in [0.29, 0.717) is 22.8 Å². The first-order chi connectivity index (χ1) is 15.4. The molecule has 1 saturated heterocycles. The molecule has 3 heterocycles. The average Bonchev–Trinajstić information content (AvgIpc) is 3.24. The van der Waals surface area contributed by atoms with E-state index in [0.717, 1.165) is 54.2 Å². The fourth-order valence-corrected chi connectivity index (χ4v) is 4.19. The molecular weight excluding hydrogens is 426 g/mol. The van der Waals surface area contributed by atoms with E-state index in [9.17, 15) is 4.79 Å². The summed E-state index contributed by atoms with van der Waals surface area (Å²) in [4.78, 5) is 26.4. The maximum Gasteiger partial charge on any atom is 0.239 e. The van der Waals surface area contributed by atoms with Crippen LogP contribution in [-0.2, 0) is 4.79 Å². The molecule has 1 aliphatic rings. The first kappa shape index (κ1) is 22.4. The number of aromatic nitrogens is 3. The molecule has 0 bridgehead atoms. The highest BCUT2D eigenvalue weighted by atomic mass is 35.5. The number of likely N-dealkylation sites (N-methyl/N-ethyl adjacent to an activating group) is 1. The molecular formula is C23H30ClN7O. The Morgan fingerprint density at radius 1 is 1.25 bits per heavy atom. The van der Waals surface area contributed by atoms with Crippen LogP contribution in [-0.4, -0.2) is 64.5 Å².